The van der Waals surface area contributed by atoms with Gasteiger partial charge in [0.1, 0.15) is 0 Å². The number of hydrogen-bond acceptors (Lipinski definition) is 2. The molecule has 14 heavy (non-hydrogen) atoms. The molecule has 2 nitrogen and oxygen atoms in total. The Kier molecular flexibility index (Phi) is 6.38. The first-order valence-electron chi connectivity index (χ1n) is 5.99. The van der Waals surface area contributed by atoms with Crippen molar-refractivity contribution in [3.63, 3.8) is 0 Å². The molecule has 0 spiro atoms. The molecule has 86 valence electrons. The van der Waals surface area contributed by atoms with Gasteiger partial charge < -0.3 is 10.4 Å². The third kappa shape index (κ3) is 4.43. The first kappa shape index (κ1) is 13.9. The van der Waals surface area contributed by atoms with Gasteiger partial charge in [-0.1, -0.05) is 27.7 Å². The van der Waals surface area contributed by atoms with Crippen molar-refractivity contribution in [1.82, 2.24) is 5.32 Å². The van der Waals surface area contributed by atoms with Crippen LogP contribution in [0.3, 0.4) is 0 Å². The van der Waals surface area contributed by atoms with Crippen LogP contribution in [0.15, 0.2) is 0 Å². The topological polar surface area (TPSA) is 32.3 Å². The van der Waals surface area contributed by atoms with Crippen molar-refractivity contribution in [2.75, 3.05) is 6.54 Å². The second kappa shape index (κ2) is 6.41. The lowest BCUT2D eigenvalue weighted by molar-refractivity contribution is -0.0337. The fourth-order valence-electron chi connectivity index (χ4n) is 1.35. The van der Waals surface area contributed by atoms with Crippen molar-refractivity contribution >= 4 is 0 Å². The van der Waals surface area contributed by atoms with Gasteiger partial charge in [0.05, 0.1) is 5.60 Å². The minimum Gasteiger partial charge on any atom is -0.389 e. The van der Waals surface area contributed by atoms with E-state index < -0.39 is 0 Å². The molecule has 2 heteroatoms. The minimum absolute atomic E-state index is 0.372. The monoisotopic (exact) mass is 201 g/mol. The first-order chi connectivity index (χ1) is 6.53. The number of rotatable bonds is 4. The maximum atomic E-state index is 9.78. The first-order valence-corrected chi connectivity index (χ1v) is 5.99. The van der Waals surface area contributed by atoms with Crippen molar-refractivity contribution in [3.8, 4) is 0 Å². The van der Waals surface area contributed by atoms with Crippen molar-refractivity contribution in [2.24, 2.45) is 5.92 Å². The second-order valence-corrected chi connectivity index (χ2v) is 4.49. The quantitative estimate of drug-likeness (QED) is 0.732. The summed E-state index contributed by atoms with van der Waals surface area (Å²) >= 11 is 0. The molecule has 0 aromatic heterocycles. The SMILES string of the molecule is CC.CC(C)C(C)NCC1(O)CCC1. The summed E-state index contributed by atoms with van der Waals surface area (Å²) in [6.45, 7) is 11.3. The maximum Gasteiger partial charge on any atom is 0.0771 e. The van der Waals surface area contributed by atoms with Gasteiger partial charge in [-0.05, 0) is 32.1 Å². The highest BCUT2D eigenvalue weighted by Gasteiger charge is 2.34. The van der Waals surface area contributed by atoms with Crippen LogP contribution in [0.4, 0.5) is 0 Å². The van der Waals surface area contributed by atoms with Crippen molar-refractivity contribution in [1.29, 1.82) is 0 Å². The summed E-state index contributed by atoms with van der Waals surface area (Å²) in [5.74, 6) is 0.647. The molecule has 0 radical (unpaired) electrons. The Balaban J connectivity index is 0.000000791. The molecule has 0 amide bonds. The summed E-state index contributed by atoms with van der Waals surface area (Å²) in [6.07, 6.45) is 3.14. The van der Waals surface area contributed by atoms with Crippen LogP contribution >= 0.6 is 0 Å². The van der Waals surface area contributed by atoms with Gasteiger partial charge in [0.2, 0.25) is 0 Å². The largest absolute Gasteiger partial charge is 0.389 e. The van der Waals surface area contributed by atoms with Crippen LogP contribution in [-0.2, 0) is 0 Å². The molecule has 0 aromatic carbocycles. The Bertz CT molecular complexity index is 141. The number of aliphatic hydroxyl groups is 1. The van der Waals surface area contributed by atoms with E-state index in [0.717, 1.165) is 19.4 Å². The van der Waals surface area contributed by atoms with Crippen molar-refractivity contribution < 1.29 is 5.11 Å². The van der Waals surface area contributed by atoms with Crippen LogP contribution in [0.25, 0.3) is 0 Å². The third-order valence-electron chi connectivity index (χ3n) is 3.04. The molecule has 1 aliphatic carbocycles. The van der Waals surface area contributed by atoms with Gasteiger partial charge >= 0.3 is 0 Å². The molecule has 0 aromatic rings. The van der Waals surface area contributed by atoms with Gasteiger partial charge in [0.15, 0.2) is 0 Å². The Morgan fingerprint density at radius 1 is 1.21 bits per heavy atom. The predicted molar refractivity (Wildman–Crippen MR) is 62.5 cm³/mol. The lowest BCUT2D eigenvalue weighted by atomic mass is 9.80. The smallest absolute Gasteiger partial charge is 0.0771 e. The van der Waals surface area contributed by atoms with Crippen LogP contribution < -0.4 is 5.32 Å². The lowest BCUT2D eigenvalue weighted by Gasteiger charge is -2.38. The van der Waals surface area contributed by atoms with Gasteiger partial charge in [-0.15, -0.1) is 0 Å². The zero-order chi connectivity index (χ0) is 11.2. The zero-order valence-electron chi connectivity index (χ0n) is 10.4. The van der Waals surface area contributed by atoms with Crippen LogP contribution in [0.2, 0.25) is 0 Å². The lowest BCUT2D eigenvalue weighted by Crippen LogP contribution is -2.49. The molecule has 2 N–H and O–H groups in total. The Morgan fingerprint density at radius 2 is 1.71 bits per heavy atom. The molecule has 0 saturated heterocycles. The van der Waals surface area contributed by atoms with E-state index in [4.69, 9.17) is 0 Å². The fourth-order valence-corrected chi connectivity index (χ4v) is 1.35. The molecular formula is C12H27NO. The van der Waals surface area contributed by atoms with Gasteiger partial charge in [-0.25, -0.2) is 0 Å². The molecule has 1 fully saturated rings. The fraction of sp³-hybridized carbons (Fsp3) is 1.00. The van der Waals surface area contributed by atoms with E-state index in [1.165, 1.54) is 6.42 Å². The molecular weight excluding hydrogens is 174 g/mol. The highest BCUT2D eigenvalue weighted by Crippen LogP contribution is 2.30. The summed E-state index contributed by atoms with van der Waals surface area (Å²) < 4.78 is 0. The average Bonchev–Trinajstić information content (AvgIpc) is 2.14. The normalized spacial score (nSPS) is 20.8. The van der Waals surface area contributed by atoms with E-state index in [0.29, 0.717) is 12.0 Å². The van der Waals surface area contributed by atoms with Crippen LogP contribution in [-0.4, -0.2) is 23.3 Å². The van der Waals surface area contributed by atoms with E-state index in [-0.39, 0.29) is 5.60 Å². The molecule has 1 unspecified atom stereocenters. The highest BCUT2D eigenvalue weighted by atomic mass is 16.3. The van der Waals surface area contributed by atoms with Crippen LogP contribution in [0.5, 0.6) is 0 Å². The van der Waals surface area contributed by atoms with Gasteiger partial charge in [-0.2, -0.15) is 0 Å². The number of hydrogen-bond donors (Lipinski definition) is 2. The average molecular weight is 201 g/mol. The maximum absolute atomic E-state index is 9.78. The summed E-state index contributed by atoms with van der Waals surface area (Å²) in [6, 6.07) is 0.509. The predicted octanol–water partition coefficient (Wildman–Crippen LogP) is 2.56. The van der Waals surface area contributed by atoms with Gasteiger partial charge in [0, 0.05) is 12.6 Å². The van der Waals surface area contributed by atoms with Crippen molar-refractivity contribution in [2.45, 2.75) is 65.5 Å². The van der Waals surface area contributed by atoms with Crippen molar-refractivity contribution in [3.05, 3.63) is 0 Å². The van der Waals surface area contributed by atoms with E-state index in [2.05, 4.69) is 26.1 Å². The standard InChI is InChI=1S/C10H21NO.C2H6/c1-8(2)9(3)11-7-10(12)5-4-6-10;1-2/h8-9,11-12H,4-7H2,1-3H3;1-2H3. The van der Waals surface area contributed by atoms with E-state index in [1.54, 1.807) is 0 Å². The molecule has 1 saturated carbocycles. The zero-order valence-corrected chi connectivity index (χ0v) is 10.4. The van der Waals surface area contributed by atoms with Gasteiger partial charge in [-0.3, -0.25) is 0 Å². The van der Waals surface area contributed by atoms with E-state index >= 15 is 0 Å². The summed E-state index contributed by atoms with van der Waals surface area (Å²) in [7, 11) is 0. The summed E-state index contributed by atoms with van der Waals surface area (Å²) in [5.41, 5.74) is -0.372. The third-order valence-corrected chi connectivity index (χ3v) is 3.04. The number of nitrogens with one attached hydrogen (secondary N) is 1. The van der Waals surface area contributed by atoms with Gasteiger partial charge in [0.25, 0.3) is 0 Å². The molecule has 1 aliphatic rings. The van der Waals surface area contributed by atoms with Crippen LogP contribution in [0, 0.1) is 5.92 Å². The summed E-state index contributed by atoms with van der Waals surface area (Å²) in [4.78, 5) is 0. The molecule has 0 bridgehead atoms. The minimum atomic E-state index is -0.372. The molecule has 1 rings (SSSR count). The Labute approximate surface area is 89.1 Å². The second-order valence-electron chi connectivity index (χ2n) is 4.49. The molecule has 0 heterocycles. The Hall–Kier alpha value is -0.0800. The Morgan fingerprint density at radius 3 is 2.00 bits per heavy atom. The van der Waals surface area contributed by atoms with Crippen LogP contribution in [0.1, 0.15) is 53.9 Å². The molecule has 1 atom stereocenters. The van der Waals surface area contributed by atoms with E-state index in [1.807, 2.05) is 13.8 Å². The highest BCUT2D eigenvalue weighted by molar-refractivity contribution is 4.90. The van der Waals surface area contributed by atoms with E-state index in [9.17, 15) is 5.11 Å². The molecule has 0 aliphatic heterocycles. The summed E-state index contributed by atoms with van der Waals surface area (Å²) in [5, 5.41) is 13.2.